The first kappa shape index (κ1) is 23.6. The lowest BCUT2D eigenvalue weighted by molar-refractivity contribution is -0.115. The molecule has 3 aromatic carbocycles. The lowest BCUT2D eigenvalue weighted by atomic mass is 10.1. The summed E-state index contributed by atoms with van der Waals surface area (Å²) in [4.78, 5) is 31.5. The maximum Gasteiger partial charge on any atom is 0.266 e. The number of methoxy groups -OCH3 is 1. The molecule has 7 heteroatoms. The zero-order chi connectivity index (χ0) is 24.4. The molecular formula is C27H27N3O3S. The van der Waals surface area contributed by atoms with E-state index in [1.54, 1.807) is 24.7 Å². The number of nitrogens with zero attached hydrogens (tertiary/aromatic N) is 2. The molecule has 0 aliphatic rings. The van der Waals surface area contributed by atoms with Crippen LogP contribution in [0.4, 0.5) is 5.69 Å². The van der Waals surface area contributed by atoms with E-state index in [-0.39, 0.29) is 11.5 Å². The summed E-state index contributed by atoms with van der Waals surface area (Å²) < 4.78 is 7.00. The summed E-state index contributed by atoms with van der Waals surface area (Å²) in [7, 11) is 1.57. The van der Waals surface area contributed by atoms with Gasteiger partial charge in [0.05, 0.1) is 34.6 Å². The Kier molecular flexibility index (Phi) is 6.75. The molecule has 1 atom stereocenters. The Morgan fingerprint density at radius 1 is 1.06 bits per heavy atom. The van der Waals surface area contributed by atoms with Gasteiger partial charge < -0.3 is 10.1 Å². The fourth-order valence-corrected chi connectivity index (χ4v) is 4.67. The van der Waals surface area contributed by atoms with Crippen LogP contribution in [-0.4, -0.2) is 27.8 Å². The minimum Gasteiger partial charge on any atom is -0.495 e. The number of hydrogen-bond acceptors (Lipinski definition) is 5. The summed E-state index contributed by atoms with van der Waals surface area (Å²) >= 11 is 1.25. The summed E-state index contributed by atoms with van der Waals surface area (Å²) in [5, 5.41) is 3.44. The van der Waals surface area contributed by atoms with Crippen LogP contribution in [0.25, 0.3) is 16.6 Å². The number of carbonyl (C=O) groups is 1. The first-order chi connectivity index (χ1) is 16.3. The van der Waals surface area contributed by atoms with E-state index in [2.05, 4.69) is 5.32 Å². The lowest BCUT2D eigenvalue weighted by Crippen LogP contribution is -2.26. The maximum absolute atomic E-state index is 13.6. The second-order valence-electron chi connectivity index (χ2n) is 8.22. The van der Waals surface area contributed by atoms with Gasteiger partial charge in [0.15, 0.2) is 5.16 Å². The minimum atomic E-state index is -0.519. The quantitative estimate of drug-likeness (QED) is 0.298. The summed E-state index contributed by atoms with van der Waals surface area (Å²) in [6, 6.07) is 18.7. The SMILES string of the molecule is COc1ccc(C)cc1NC(=O)C(C)Sc1nc2ccccc2c(=O)n1-c1cccc(C)c1C. The van der Waals surface area contributed by atoms with Crippen LogP contribution in [-0.2, 0) is 4.79 Å². The number of carbonyl (C=O) groups excluding carboxylic acids is 1. The highest BCUT2D eigenvalue weighted by atomic mass is 32.2. The van der Waals surface area contributed by atoms with Crippen LogP contribution < -0.4 is 15.6 Å². The maximum atomic E-state index is 13.6. The van der Waals surface area contributed by atoms with E-state index >= 15 is 0 Å². The van der Waals surface area contributed by atoms with Gasteiger partial charge in [0.2, 0.25) is 5.91 Å². The Bertz CT molecular complexity index is 1450. The molecule has 0 fully saturated rings. The van der Waals surface area contributed by atoms with Gasteiger partial charge in [-0.3, -0.25) is 14.2 Å². The van der Waals surface area contributed by atoms with Crippen LogP contribution in [0, 0.1) is 20.8 Å². The largest absolute Gasteiger partial charge is 0.495 e. The van der Waals surface area contributed by atoms with Crippen molar-refractivity contribution in [3.05, 3.63) is 87.7 Å². The van der Waals surface area contributed by atoms with Crippen molar-refractivity contribution in [2.75, 3.05) is 12.4 Å². The third-order valence-corrected chi connectivity index (χ3v) is 6.88. The molecule has 0 aliphatic heterocycles. The molecule has 6 nitrogen and oxygen atoms in total. The molecule has 1 amide bonds. The third-order valence-electron chi connectivity index (χ3n) is 5.83. The van der Waals surface area contributed by atoms with Crippen LogP contribution >= 0.6 is 11.8 Å². The van der Waals surface area contributed by atoms with E-state index in [9.17, 15) is 9.59 Å². The highest BCUT2D eigenvalue weighted by Crippen LogP contribution is 2.30. The third kappa shape index (κ3) is 4.56. The fourth-order valence-electron chi connectivity index (χ4n) is 3.75. The number of para-hydroxylation sites is 1. The Morgan fingerprint density at radius 2 is 1.82 bits per heavy atom. The topological polar surface area (TPSA) is 73.2 Å². The van der Waals surface area contributed by atoms with Gasteiger partial charge in [0, 0.05) is 0 Å². The molecule has 174 valence electrons. The number of ether oxygens (including phenoxy) is 1. The average Bonchev–Trinajstić information content (AvgIpc) is 2.82. The average molecular weight is 474 g/mol. The second kappa shape index (κ2) is 9.73. The molecular weight excluding hydrogens is 446 g/mol. The van der Waals surface area contributed by atoms with E-state index in [4.69, 9.17) is 9.72 Å². The zero-order valence-electron chi connectivity index (χ0n) is 19.9. The van der Waals surface area contributed by atoms with E-state index in [1.807, 2.05) is 75.4 Å². The summed E-state index contributed by atoms with van der Waals surface area (Å²) in [5.41, 5.74) is 4.89. The number of fused-ring (bicyclic) bond motifs is 1. The van der Waals surface area contributed by atoms with Gasteiger partial charge in [-0.25, -0.2) is 4.98 Å². The molecule has 4 rings (SSSR count). The van der Waals surface area contributed by atoms with Crippen LogP contribution in [0.1, 0.15) is 23.6 Å². The van der Waals surface area contributed by atoms with Gasteiger partial charge in [-0.05, 0) is 74.7 Å². The van der Waals surface area contributed by atoms with Gasteiger partial charge in [0.1, 0.15) is 5.75 Å². The number of amides is 1. The predicted octanol–water partition coefficient (Wildman–Crippen LogP) is 5.44. The molecule has 0 aliphatic carbocycles. The number of aromatic nitrogens is 2. The van der Waals surface area contributed by atoms with Crippen molar-refractivity contribution in [2.45, 2.75) is 38.1 Å². The first-order valence-corrected chi connectivity index (χ1v) is 11.9. The molecule has 1 unspecified atom stereocenters. The molecule has 0 saturated carbocycles. The van der Waals surface area contributed by atoms with E-state index in [1.165, 1.54) is 11.8 Å². The summed E-state index contributed by atoms with van der Waals surface area (Å²) in [5.74, 6) is 0.385. The van der Waals surface area contributed by atoms with E-state index in [0.717, 1.165) is 22.4 Å². The normalized spacial score (nSPS) is 11.9. The van der Waals surface area contributed by atoms with Crippen molar-refractivity contribution in [3.63, 3.8) is 0 Å². The Labute approximate surface area is 203 Å². The molecule has 34 heavy (non-hydrogen) atoms. The molecule has 0 bridgehead atoms. The zero-order valence-corrected chi connectivity index (χ0v) is 20.7. The molecule has 4 aromatic rings. The number of thioether (sulfide) groups is 1. The molecule has 0 radical (unpaired) electrons. The smallest absolute Gasteiger partial charge is 0.266 e. The summed E-state index contributed by atoms with van der Waals surface area (Å²) in [6.45, 7) is 7.75. The van der Waals surface area contributed by atoms with Gasteiger partial charge in [-0.15, -0.1) is 0 Å². The van der Waals surface area contributed by atoms with Gasteiger partial charge in [0.25, 0.3) is 5.56 Å². The van der Waals surface area contributed by atoms with E-state index < -0.39 is 5.25 Å². The number of benzene rings is 3. The number of anilines is 1. The first-order valence-electron chi connectivity index (χ1n) is 11.0. The van der Waals surface area contributed by atoms with Crippen LogP contribution in [0.2, 0.25) is 0 Å². The number of rotatable bonds is 6. The standard InChI is InChI=1S/C27H27N3O3S/c1-16-13-14-24(33-5)22(15-16)28-25(31)19(4)34-27-29-21-11-7-6-10-20(21)26(32)30(27)23-12-8-9-17(2)18(23)3/h6-15,19H,1-5H3,(H,28,31). The van der Waals surface area contributed by atoms with Gasteiger partial charge in [-0.1, -0.05) is 42.1 Å². The van der Waals surface area contributed by atoms with Crippen molar-refractivity contribution in [3.8, 4) is 11.4 Å². The minimum absolute atomic E-state index is 0.158. The highest BCUT2D eigenvalue weighted by Gasteiger charge is 2.22. The van der Waals surface area contributed by atoms with Crippen molar-refractivity contribution in [2.24, 2.45) is 0 Å². The molecule has 0 saturated heterocycles. The van der Waals surface area contributed by atoms with Gasteiger partial charge >= 0.3 is 0 Å². The fraction of sp³-hybridized carbons (Fsp3) is 0.222. The molecule has 1 N–H and O–H groups in total. The van der Waals surface area contributed by atoms with Crippen molar-refractivity contribution < 1.29 is 9.53 Å². The summed E-state index contributed by atoms with van der Waals surface area (Å²) in [6.07, 6.45) is 0. The monoisotopic (exact) mass is 473 g/mol. The Hall–Kier alpha value is -3.58. The molecule has 1 heterocycles. The van der Waals surface area contributed by atoms with Crippen molar-refractivity contribution >= 4 is 34.3 Å². The highest BCUT2D eigenvalue weighted by molar-refractivity contribution is 8.00. The lowest BCUT2D eigenvalue weighted by Gasteiger charge is -2.19. The number of hydrogen-bond donors (Lipinski definition) is 1. The Morgan fingerprint density at radius 3 is 2.59 bits per heavy atom. The van der Waals surface area contributed by atoms with Crippen LogP contribution in [0.5, 0.6) is 5.75 Å². The van der Waals surface area contributed by atoms with Gasteiger partial charge in [-0.2, -0.15) is 0 Å². The number of aryl methyl sites for hydroxylation is 2. The second-order valence-corrected chi connectivity index (χ2v) is 9.53. The molecule has 0 spiro atoms. The van der Waals surface area contributed by atoms with Crippen LogP contribution in [0.15, 0.2) is 70.6 Å². The van der Waals surface area contributed by atoms with E-state index in [0.29, 0.717) is 27.5 Å². The predicted molar refractivity (Wildman–Crippen MR) is 138 cm³/mol. The van der Waals surface area contributed by atoms with Crippen LogP contribution in [0.3, 0.4) is 0 Å². The Balaban J connectivity index is 1.75. The molecule has 1 aromatic heterocycles. The van der Waals surface area contributed by atoms with Crippen molar-refractivity contribution in [1.82, 2.24) is 9.55 Å². The number of nitrogens with one attached hydrogen (secondary N) is 1. The van der Waals surface area contributed by atoms with Crippen molar-refractivity contribution in [1.29, 1.82) is 0 Å².